The van der Waals surface area contributed by atoms with Crippen molar-refractivity contribution in [1.82, 2.24) is 14.2 Å². The van der Waals surface area contributed by atoms with Crippen molar-refractivity contribution in [2.75, 3.05) is 91.9 Å². The molecule has 0 radical (unpaired) electrons. The van der Waals surface area contributed by atoms with E-state index in [2.05, 4.69) is 15.0 Å². The summed E-state index contributed by atoms with van der Waals surface area (Å²) in [4.78, 5) is 59.6. The van der Waals surface area contributed by atoms with Crippen LogP contribution in [0.2, 0.25) is 0 Å². The van der Waals surface area contributed by atoms with Gasteiger partial charge in [-0.2, -0.15) is 0 Å². The van der Waals surface area contributed by atoms with E-state index >= 15 is 0 Å². The molecule has 1 aromatic heterocycles. The average Bonchev–Trinajstić information content (AvgIpc) is 3.82. The van der Waals surface area contributed by atoms with Gasteiger partial charge in [0.2, 0.25) is 5.41 Å². The minimum Gasteiger partial charge on any atom is -0.497 e. The minimum atomic E-state index is -2.20. The molecule has 0 saturated carbocycles. The highest BCUT2D eigenvalue weighted by Crippen LogP contribution is 2.52. The van der Waals surface area contributed by atoms with E-state index in [-0.39, 0.29) is 50.8 Å². The zero-order valence-corrected chi connectivity index (χ0v) is 46.6. The van der Waals surface area contributed by atoms with Crippen molar-refractivity contribution in [3.63, 3.8) is 0 Å². The number of aromatic nitrogens is 2. The van der Waals surface area contributed by atoms with Crippen LogP contribution in [0.5, 0.6) is 11.5 Å². The smallest absolute Gasteiger partial charge is 0.330 e. The summed E-state index contributed by atoms with van der Waals surface area (Å²) in [6, 6.07) is 24.6. The van der Waals surface area contributed by atoms with Gasteiger partial charge in [0.05, 0.1) is 85.7 Å². The summed E-state index contributed by atoms with van der Waals surface area (Å²) in [6.07, 6.45) is -1.18. The molecule has 416 valence electrons. The Morgan fingerprint density at radius 2 is 1.42 bits per heavy atom. The summed E-state index contributed by atoms with van der Waals surface area (Å²) in [7, 11) is 1.000. The van der Waals surface area contributed by atoms with Gasteiger partial charge in [-0.05, 0) is 95.0 Å². The molecule has 0 aliphatic carbocycles. The molecule has 1 aliphatic heterocycles. The normalized spacial score (nSPS) is 16.2. The number of aromatic amines is 1. The number of aryl methyl sites for hydroxylation is 1. The molecule has 5 rings (SSSR count). The van der Waals surface area contributed by atoms with Crippen LogP contribution < -0.4 is 20.7 Å². The quantitative estimate of drug-likeness (QED) is 0.00535. The Hall–Kier alpha value is -5.35. The predicted octanol–water partition coefficient (Wildman–Crippen LogP) is 8.07. The van der Waals surface area contributed by atoms with E-state index < -0.39 is 74.4 Å². The molecule has 2 heterocycles. The van der Waals surface area contributed by atoms with Gasteiger partial charge in [0.15, 0.2) is 0 Å². The average molecular weight is 1100 g/mol. The Morgan fingerprint density at radius 3 is 1.97 bits per heavy atom. The van der Waals surface area contributed by atoms with Gasteiger partial charge in [0, 0.05) is 47.5 Å². The molecule has 4 aromatic rings. The number of benzene rings is 3. The molecular formula is C53H73N6O15PS. The van der Waals surface area contributed by atoms with Crippen molar-refractivity contribution in [3.05, 3.63) is 139 Å². The highest BCUT2D eigenvalue weighted by atomic mass is 32.2. The Bertz CT molecular complexity index is 2490. The number of nitrogens with zero attached hydrogens (tertiary/aromatic N) is 5. The molecule has 0 amide bonds. The number of thioether (sulfide) groups is 1. The predicted molar refractivity (Wildman–Crippen MR) is 287 cm³/mol. The second-order valence-electron chi connectivity index (χ2n) is 18.0. The van der Waals surface area contributed by atoms with Crippen LogP contribution in [0.3, 0.4) is 0 Å². The lowest BCUT2D eigenvalue weighted by molar-refractivity contribution is -0.179. The first kappa shape index (κ1) is 61.5. The summed E-state index contributed by atoms with van der Waals surface area (Å²) < 4.78 is 70.7. The van der Waals surface area contributed by atoms with Crippen molar-refractivity contribution in [2.24, 2.45) is 10.5 Å². The first-order chi connectivity index (χ1) is 36.7. The molecule has 1 aliphatic rings. The van der Waals surface area contributed by atoms with Gasteiger partial charge in [0.25, 0.3) is 14.1 Å². The largest absolute Gasteiger partial charge is 0.497 e. The van der Waals surface area contributed by atoms with Gasteiger partial charge in [-0.15, -0.1) is 11.8 Å². The summed E-state index contributed by atoms with van der Waals surface area (Å²) >= 11 is 1.39. The molecule has 3 aromatic carbocycles. The number of rotatable bonds is 34. The molecule has 0 spiro atoms. The van der Waals surface area contributed by atoms with Crippen LogP contribution in [0.25, 0.3) is 10.4 Å². The van der Waals surface area contributed by atoms with E-state index in [1.807, 2.05) is 111 Å². The minimum absolute atomic E-state index is 0.0414. The molecule has 4 atom stereocenters. The van der Waals surface area contributed by atoms with E-state index in [9.17, 15) is 19.2 Å². The number of carbonyl (C=O) groups excluding carboxylic acids is 2. The van der Waals surface area contributed by atoms with Crippen LogP contribution in [0, 0.1) is 12.3 Å². The zero-order chi connectivity index (χ0) is 55.1. The summed E-state index contributed by atoms with van der Waals surface area (Å²) in [5.41, 5.74) is 6.48. The van der Waals surface area contributed by atoms with Crippen molar-refractivity contribution < 1.29 is 61.3 Å². The third-order valence-corrected chi connectivity index (χ3v) is 15.0. The van der Waals surface area contributed by atoms with E-state index in [0.29, 0.717) is 49.2 Å². The molecule has 0 bridgehead atoms. The second-order valence-corrected chi connectivity index (χ2v) is 20.4. The van der Waals surface area contributed by atoms with Gasteiger partial charge < -0.3 is 51.7 Å². The number of carbonyl (C=O) groups is 2. The molecule has 76 heavy (non-hydrogen) atoms. The van der Waals surface area contributed by atoms with Gasteiger partial charge in [-0.3, -0.25) is 23.9 Å². The first-order valence-electron chi connectivity index (χ1n) is 25.2. The zero-order valence-electron chi connectivity index (χ0n) is 44.9. The standard InChI is InChI=1S/C53H73N6O15PS/c1-10-69-49(61)52(50(62)70-11-2,34-68-36-76-30-29-67-28-27-66-26-25-55-57-54)35-72-75(59(37(3)4)38(5)6)74-45-31-47(58-32-39(7)48(60)56-51(58)63)73-46(45)33-71-53(40-15-13-12-14-16-40,41-17-21-43(64-8)22-18-41)42-19-23-44(65-9)24-20-42/h12-24,32,37-38,45-47H,10-11,25-31,33-36H2,1-9H3,(H,56,60,63)/t45-,46+,47+,75?/m0/s1. The van der Waals surface area contributed by atoms with Gasteiger partial charge >= 0.3 is 17.6 Å². The first-order valence-corrected chi connectivity index (χ1v) is 27.5. The van der Waals surface area contributed by atoms with Gasteiger partial charge in [-0.1, -0.05) is 59.7 Å². The Morgan fingerprint density at radius 1 is 0.842 bits per heavy atom. The second kappa shape index (κ2) is 31.2. The van der Waals surface area contributed by atoms with Gasteiger partial charge in [0.1, 0.15) is 29.4 Å². The van der Waals surface area contributed by atoms with E-state index in [0.717, 1.165) is 16.7 Å². The molecule has 21 nitrogen and oxygen atoms in total. The summed E-state index contributed by atoms with van der Waals surface area (Å²) in [5.74, 6) is 0.127. The van der Waals surface area contributed by atoms with E-state index in [4.69, 9.17) is 57.2 Å². The maximum absolute atomic E-state index is 14.2. The molecular weight excluding hydrogens is 1020 g/mol. The third kappa shape index (κ3) is 16.3. The number of nitrogens with one attached hydrogen (secondary N) is 1. The number of ether oxygens (including phenoxy) is 9. The maximum atomic E-state index is 14.2. The Labute approximate surface area is 449 Å². The molecule has 23 heteroatoms. The molecule has 1 fully saturated rings. The molecule has 1 N–H and O–H groups in total. The number of hydrogen-bond donors (Lipinski definition) is 1. The van der Waals surface area contributed by atoms with Crippen LogP contribution in [0.1, 0.15) is 76.4 Å². The highest BCUT2D eigenvalue weighted by molar-refractivity contribution is 7.99. The highest BCUT2D eigenvalue weighted by Gasteiger charge is 2.52. The number of H-pyrrole nitrogens is 1. The van der Waals surface area contributed by atoms with Crippen molar-refractivity contribution in [3.8, 4) is 11.5 Å². The van der Waals surface area contributed by atoms with Crippen molar-refractivity contribution in [2.45, 2.75) is 91.0 Å². The Balaban J connectivity index is 1.51. The topological polar surface area (TPSA) is 243 Å². The third-order valence-electron chi connectivity index (χ3n) is 12.2. The van der Waals surface area contributed by atoms with Crippen LogP contribution in [0.4, 0.5) is 0 Å². The van der Waals surface area contributed by atoms with E-state index in [1.54, 1.807) is 35.0 Å². The number of methoxy groups -OCH3 is 2. The SMILES string of the molecule is CCOC(=O)C(COCSCCOCCOCCN=[N+]=[N-])(COP(O[C@H]1C[C@H](n2cc(C)c(=O)[nH]c2=O)O[C@@H]1COC(c1ccccc1)(c1ccc(OC)cc1)c1ccc(OC)cc1)N(C(C)C)C(C)C)C(=O)OCC. The van der Waals surface area contributed by atoms with E-state index in [1.165, 1.54) is 22.5 Å². The fourth-order valence-electron chi connectivity index (χ4n) is 8.44. The summed E-state index contributed by atoms with van der Waals surface area (Å²) in [5, 5.41) is 3.43. The maximum Gasteiger partial charge on any atom is 0.330 e. The van der Waals surface area contributed by atoms with Crippen LogP contribution in [0.15, 0.2) is 99.8 Å². The fraction of sp³-hybridized carbons (Fsp3) is 0.547. The van der Waals surface area contributed by atoms with Crippen molar-refractivity contribution in [1.29, 1.82) is 0 Å². The molecule has 1 unspecified atom stereocenters. The van der Waals surface area contributed by atoms with Crippen LogP contribution >= 0.6 is 20.3 Å². The number of hydrogen-bond acceptors (Lipinski definition) is 18. The number of esters is 2. The van der Waals surface area contributed by atoms with Crippen LogP contribution in [-0.4, -0.2) is 142 Å². The van der Waals surface area contributed by atoms with Crippen molar-refractivity contribution >= 4 is 32.2 Å². The monoisotopic (exact) mass is 1100 g/mol. The van der Waals surface area contributed by atoms with Crippen LogP contribution in [-0.2, 0) is 57.4 Å². The van der Waals surface area contributed by atoms with Gasteiger partial charge in [-0.25, -0.2) is 9.46 Å². The summed E-state index contributed by atoms with van der Waals surface area (Å²) in [6.45, 7) is 13.2. The lowest BCUT2D eigenvalue weighted by Crippen LogP contribution is -2.49. The molecule has 1 saturated heterocycles. The fourth-order valence-corrected chi connectivity index (χ4v) is 10.8. The Kier molecular flexibility index (Phi) is 25.2. The lowest BCUT2D eigenvalue weighted by Gasteiger charge is -2.40. The lowest BCUT2D eigenvalue weighted by atomic mass is 9.80. The number of azide groups is 1.